The van der Waals surface area contributed by atoms with Gasteiger partial charge in [0.2, 0.25) is 5.91 Å². The second kappa shape index (κ2) is 7.26. The Morgan fingerprint density at radius 3 is 2.68 bits per heavy atom. The van der Waals surface area contributed by atoms with Crippen molar-refractivity contribution in [1.29, 1.82) is 0 Å². The maximum Gasteiger partial charge on any atom is 0.236 e. The molecule has 0 atom stereocenters. The molecule has 0 unspecified atom stereocenters. The first-order valence-electron chi connectivity index (χ1n) is 6.98. The van der Waals surface area contributed by atoms with Crippen LogP contribution in [0.1, 0.15) is 12.0 Å². The summed E-state index contributed by atoms with van der Waals surface area (Å²) in [5.74, 6) is 0.212. The van der Waals surface area contributed by atoms with Gasteiger partial charge in [0, 0.05) is 32.7 Å². The number of hydrogen-bond acceptors (Lipinski definition) is 3. The molecule has 1 amide bonds. The summed E-state index contributed by atoms with van der Waals surface area (Å²) in [4.78, 5) is 16.3. The molecule has 1 N–H and O–H groups in total. The average molecular weight is 261 g/mol. The van der Waals surface area contributed by atoms with Gasteiger partial charge in [-0.15, -0.1) is 0 Å². The van der Waals surface area contributed by atoms with Crippen LogP contribution in [0.15, 0.2) is 30.3 Å². The lowest BCUT2D eigenvalue weighted by Gasteiger charge is -2.22. The van der Waals surface area contributed by atoms with Crippen molar-refractivity contribution in [2.45, 2.75) is 13.0 Å². The van der Waals surface area contributed by atoms with Crippen LogP contribution in [0.5, 0.6) is 0 Å². The number of benzene rings is 1. The average Bonchev–Trinajstić information content (AvgIpc) is 2.66. The van der Waals surface area contributed by atoms with Crippen molar-refractivity contribution >= 4 is 5.91 Å². The Hall–Kier alpha value is -1.39. The molecule has 1 aliphatic rings. The van der Waals surface area contributed by atoms with Crippen LogP contribution in [0.3, 0.4) is 0 Å². The molecular formula is C15H23N3O. The number of rotatable bonds is 4. The van der Waals surface area contributed by atoms with E-state index in [9.17, 15) is 4.79 Å². The molecule has 104 valence electrons. The largest absolute Gasteiger partial charge is 0.340 e. The number of carbonyl (C=O) groups is 1. The van der Waals surface area contributed by atoms with Gasteiger partial charge >= 0.3 is 0 Å². The summed E-state index contributed by atoms with van der Waals surface area (Å²) in [5.41, 5.74) is 1.34. The van der Waals surface area contributed by atoms with Crippen molar-refractivity contribution < 1.29 is 4.79 Å². The minimum absolute atomic E-state index is 0.212. The number of amides is 1. The molecule has 0 aliphatic carbocycles. The SMILES string of the molecule is CNCC(=O)N1CCCN(Cc2ccccc2)CC1. The minimum atomic E-state index is 0.212. The van der Waals surface area contributed by atoms with Crippen LogP contribution < -0.4 is 5.32 Å². The first kappa shape index (κ1) is 14.0. The molecule has 1 aliphatic heterocycles. The number of likely N-dealkylation sites (N-methyl/N-ethyl adjacent to an activating group) is 1. The molecule has 1 aromatic carbocycles. The second-order valence-electron chi connectivity index (χ2n) is 5.03. The maximum absolute atomic E-state index is 11.9. The Morgan fingerprint density at radius 1 is 1.16 bits per heavy atom. The molecule has 1 heterocycles. The molecule has 0 spiro atoms. The first-order valence-corrected chi connectivity index (χ1v) is 6.98. The predicted octanol–water partition coefficient (Wildman–Crippen LogP) is 0.940. The maximum atomic E-state index is 11.9. The lowest BCUT2D eigenvalue weighted by atomic mass is 10.2. The topological polar surface area (TPSA) is 35.6 Å². The third-order valence-corrected chi connectivity index (χ3v) is 3.52. The highest BCUT2D eigenvalue weighted by atomic mass is 16.2. The van der Waals surface area contributed by atoms with Crippen LogP contribution >= 0.6 is 0 Å². The highest BCUT2D eigenvalue weighted by Crippen LogP contribution is 2.08. The second-order valence-corrected chi connectivity index (χ2v) is 5.03. The molecular weight excluding hydrogens is 238 g/mol. The van der Waals surface area contributed by atoms with Gasteiger partial charge in [0.15, 0.2) is 0 Å². The normalized spacial score (nSPS) is 17.2. The van der Waals surface area contributed by atoms with E-state index in [1.807, 2.05) is 18.0 Å². The van der Waals surface area contributed by atoms with E-state index in [0.29, 0.717) is 6.54 Å². The smallest absolute Gasteiger partial charge is 0.236 e. The molecule has 2 rings (SSSR count). The van der Waals surface area contributed by atoms with Gasteiger partial charge in [0.1, 0.15) is 0 Å². The first-order chi connectivity index (χ1) is 9.29. The number of carbonyl (C=O) groups excluding carboxylic acids is 1. The van der Waals surface area contributed by atoms with Crippen LogP contribution in [0.4, 0.5) is 0 Å². The summed E-state index contributed by atoms with van der Waals surface area (Å²) >= 11 is 0. The van der Waals surface area contributed by atoms with Crippen molar-refractivity contribution in [1.82, 2.24) is 15.1 Å². The Balaban J connectivity index is 1.85. The standard InChI is InChI=1S/C15H23N3O/c1-16-12-15(19)18-9-5-8-17(10-11-18)13-14-6-3-2-4-7-14/h2-4,6-7,16H,5,8-13H2,1H3. The predicted molar refractivity (Wildman–Crippen MR) is 76.8 cm³/mol. The van der Waals surface area contributed by atoms with Gasteiger partial charge in [-0.25, -0.2) is 0 Å². The molecule has 0 saturated carbocycles. The summed E-state index contributed by atoms with van der Waals surface area (Å²) in [6, 6.07) is 10.5. The van der Waals surface area contributed by atoms with E-state index in [-0.39, 0.29) is 5.91 Å². The van der Waals surface area contributed by atoms with Crippen LogP contribution in [0.25, 0.3) is 0 Å². The van der Waals surface area contributed by atoms with E-state index in [2.05, 4.69) is 34.5 Å². The molecule has 4 heteroatoms. The van der Waals surface area contributed by atoms with Gasteiger partial charge in [-0.1, -0.05) is 30.3 Å². The Kier molecular flexibility index (Phi) is 5.36. The van der Waals surface area contributed by atoms with Gasteiger partial charge in [0.05, 0.1) is 6.54 Å². The Bertz CT molecular complexity index is 394. The summed E-state index contributed by atoms with van der Waals surface area (Å²) in [6.45, 7) is 5.18. The Labute approximate surface area is 115 Å². The van der Waals surface area contributed by atoms with Gasteiger partial charge in [-0.3, -0.25) is 9.69 Å². The van der Waals surface area contributed by atoms with E-state index >= 15 is 0 Å². The molecule has 1 aromatic rings. The number of nitrogens with one attached hydrogen (secondary N) is 1. The zero-order chi connectivity index (χ0) is 13.5. The fourth-order valence-corrected chi connectivity index (χ4v) is 2.48. The van der Waals surface area contributed by atoms with Crippen molar-refractivity contribution in [3.05, 3.63) is 35.9 Å². The van der Waals surface area contributed by atoms with Crippen molar-refractivity contribution in [2.24, 2.45) is 0 Å². The fourth-order valence-electron chi connectivity index (χ4n) is 2.48. The van der Waals surface area contributed by atoms with Crippen LogP contribution in [0, 0.1) is 0 Å². The molecule has 1 saturated heterocycles. The van der Waals surface area contributed by atoms with E-state index in [0.717, 1.165) is 39.1 Å². The lowest BCUT2D eigenvalue weighted by molar-refractivity contribution is -0.130. The molecule has 0 bridgehead atoms. The summed E-state index contributed by atoms with van der Waals surface area (Å²) < 4.78 is 0. The minimum Gasteiger partial charge on any atom is -0.340 e. The molecule has 0 radical (unpaired) electrons. The van der Waals surface area contributed by atoms with Gasteiger partial charge < -0.3 is 10.2 Å². The monoisotopic (exact) mass is 261 g/mol. The Morgan fingerprint density at radius 2 is 1.95 bits per heavy atom. The summed E-state index contributed by atoms with van der Waals surface area (Å²) in [6.07, 6.45) is 1.06. The third kappa shape index (κ3) is 4.33. The van der Waals surface area contributed by atoms with Crippen molar-refractivity contribution in [3.8, 4) is 0 Å². The molecule has 1 fully saturated rings. The van der Waals surface area contributed by atoms with Crippen molar-refractivity contribution in [2.75, 3.05) is 39.8 Å². The van der Waals surface area contributed by atoms with E-state index in [1.165, 1.54) is 5.56 Å². The van der Waals surface area contributed by atoms with Crippen molar-refractivity contribution in [3.63, 3.8) is 0 Å². The third-order valence-electron chi connectivity index (χ3n) is 3.52. The fraction of sp³-hybridized carbons (Fsp3) is 0.533. The summed E-state index contributed by atoms with van der Waals surface area (Å²) in [7, 11) is 1.82. The number of nitrogens with zero attached hydrogens (tertiary/aromatic N) is 2. The molecule has 19 heavy (non-hydrogen) atoms. The lowest BCUT2D eigenvalue weighted by Crippen LogP contribution is -2.39. The van der Waals surface area contributed by atoms with E-state index in [4.69, 9.17) is 0 Å². The van der Waals surface area contributed by atoms with Crippen LogP contribution in [-0.4, -0.2) is 55.5 Å². The van der Waals surface area contributed by atoms with Gasteiger partial charge in [-0.2, -0.15) is 0 Å². The highest BCUT2D eigenvalue weighted by molar-refractivity contribution is 5.78. The molecule has 4 nitrogen and oxygen atoms in total. The van der Waals surface area contributed by atoms with Crippen LogP contribution in [-0.2, 0) is 11.3 Å². The van der Waals surface area contributed by atoms with E-state index in [1.54, 1.807) is 0 Å². The zero-order valence-corrected chi connectivity index (χ0v) is 11.6. The summed E-state index contributed by atoms with van der Waals surface area (Å²) in [5, 5.41) is 2.93. The molecule has 0 aromatic heterocycles. The quantitative estimate of drug-likeness (QED) is 0.876. The zero-order valence-electron chi connectivity index (χ0n) is 11.6. The van der Waals surface area contributed by atoms with Crippen LogP contribution in [0.2, 0.25) is 0 Å². The van der Waals surface area contributed by atoms with E-state index < -0.39 is 0 Å². The van der Waals surface area contributed by atoms with Gasteiger partial charge in [0.25, 0.3) is 0 Å². The number of hydrogen-bond donors (Lipinski definition) is 1. The van der Waals surface area contributed by atoms with Gasteiger partial charge in [-0.05, 0) is 19.0 Å². The highest BCUT2D eigenvalue weighted by Gasteiger charge is 2.18.